The van der Waals surface area contributed by atoms with Crippen molar-refractivity contribution in [2.24, 2.45) is 10.7 Å². The highest BCUT2D eigenvalue weighted by molar-refractivity contribution is 14.0. The number of anilines is 1. The van der Waals surface area contributed by atoms with Crippen LogP contribution in [0, 0.1) is 0 Å². The number of rotatable bonds is 6. The van der Waals surface area contributed by atoms with Gasteiger partial charge in [-0.1, -0.05) is 30.3 Å². The van der Waals surface area contributed by atoms with Crippen molar-refractivity contribution in [1.29, 1.82) is 0 Å². The van der Waals surface area contributed by atoms with Gasteiger partial charge in [0.2, 0.25) is 0 Å². The van der Waals surface area contributed by atoms with E-state index in [2.05, 4.69) is 16.4 Å². The van der Waals surface area contributed by atoms with Gasteiger partial charge in [0.1, 0.15) is 0 Å². The van der Waals surface area contributed by atoms with Gasteiger partial charge in [-0.15, -0.1) is 24.0 Å². The third-order valence-electron chi connectivity index (χ3n) is 4.61. The van der Waals surface area contributed by atoms with E-state index in [-0.39, 0.29) is 29.7 Å². The lowest BCUT2D eigenvalue weighted by atomic mass is 9.90. The lowest BCUT2D eigenvalue weighted by molar-refractivity contribution is 0.593. The van der Waals surface area contributed by atoms with Crippen molar-refractivity contribution >= 4 is 45.5 Å². The number of sulfone groups is 1. The molecule has 0 radical (unpaired) electrons. The second-order valence-corrected chi connectivity index (χ2v) is 8.64. The van der Waals surface area contributed by atoms with E-state index < -0.39 is 9.84 Å². The summed E-state index contributed by atoms with van der Waals surface area (Å²) in [5.41, 5.74) is 9.70. The fourth-order valence-corrected chi connectivity index (χ4v) is 4.59. The Morgan fingerprint density at radius 2 is 1.78 bits per heavy atom. The number of aliphatic imine (C=N–C) groups is 1. The zero-order chi connectivity index (χ0) is 18.4. The van der Waals surface area contributed by atoms with E-state index in [9.17, 15) is 8.42 Å². The Morgan fingerprint density at radius 3 is 2.56 bits per heavy atom. The van der Waals surface area contributed by atoms with Crippen LogP contribution in [-0.4, -0.2) is 26.7 Å². The molecule has 0 unspecified atom stereocenters. The van der Waals surface area contributed by atoms with Crippen LogP contribution in [0.25, 0.3) is 0 Å². The molecule has 0 amide bonds. The molecule has 2 aromatic carbocycles. The van der Waals surface area contributed by atoms with E-state index in [0.29, 0.717) is 23.8 Å². The molecule has 3 N–H and O–H groups in total. The van der Waals surface area contributed by atoms with Crippen molar-refractivity contribution in [3.05, 3.63) is 59.7 Å². The van der Waals surface area contributed by atoms with Crippen LogP contribution in [0.3, 0.4) is 0 Å². The van der Waals surface area contributed by atoms with Crippen LogP contribution in [0.2, 0.25) is 0 Å². The molecule has 0 aromatic heterocycles. The summed E-state index contributed by atoms with van der Waals surface area (Å²) in [6.45, 7) is 0.375. The van der Waals surface area contributed by atoms with Gasteiger partial charge < -0.3 is 11.1 Å². The average Bonchev–Trinajstić information content (AvgIpc) is 2.66. The van der Waals surface area contributed by atoms with E-state index in [1.54, 1.807) is 30.3 Å². The summed E-state index contributed by atoms with van der Waals surface area (Å²) in [4.78, 5) is 4.64. The third-order valence-corrected chi connectivity index (χ3v) is 6.43. The molecule has 0 saturated heterocycles. The fourth-order valence-electron chi connectivity index (χ4n) is 3.28. The van der Waals surface area contributed by atoms with Crippen LogP contribution in [0.1, 0.15) is 30.4 Å². The normalized spacial score (nSPS) is 14.1. The van der Waals surface area contributed by atoms with Crippen molar-refractivity contribution in [2.75, 3.05) is 17.6 Å². The molecule has 3 rings (SSSR count). The van der Waals surface area contributed by atoms with Gasteiger partial charge in [0, 0.05) is 12.2 Å². The highest BCUT2D eigenvalue weighted by Gasteiger charge is 2.14. The molecular formula is C20H26IN3O2S. The largest absolute Gasteiger partial charge is 0.370 e. The van der Waals surface area contributed by atoms with Gasteiger partial charge in [0.05, 0.1) is 10.6 Å². The number of hydrogen-bond donors (Lipinski definition) is 2. The van der Waals surface area contributed by atoms with Crippen molar-refractivity contribution in [3.8, 4) is 0 Å². The number of nitrogens with one attached hydrogen (secondary N) is 1. The Hall–Kier alpha value is -1.61. The summed E-state index contributed by atoms with van der Waals surface area (Å²) in [6, 6.07) is 14.7. The zero-order valence-corrected chi connectivity index (χ0v) is 18.4. The number of fused-ring (bicyclic) bond motifs is 1. The Labute approximate surface area is 178 Å². The molecule has 0 atom stereocenters. The second-order valence-electron chi connectivity index (χ2n) is 6.53. The fraction of sp³-hybridized carbons (Fsp3) is 0.350. The number of guanidine groups is 1. The van der Waals surface area contributed by atoms with E-state index in [4.69, 9.17) is 5.73 Å². The highest BCUT2D eigenvalue weighted by atomic mass is 127. The number of hydrogen-bond acceptors (Lipinski definition) is 3. The number of nitrogens with two attached hydrogens (primary N) is 1. The summed E-state index contributed by atoms with van der Waals surface area (Å²) in [7, 11) is -3.26. The summed E-state index contributed by atoms with van der Waals surface area (Å²) in [5, 5.41) is 3.18. The Morgan fingerprint density at radius 1 is 1.04 bits per heavy atom. The Kier molecular flexibility index (Phi) is 8.09. The van der Waals surface area contributed by atoms with Crippen LogP contribution in [-0.2, 0) is 22.7 Å². The maximum Gasteiger partial charge on any atom is 0.193 e. The van der Waals surface area contributed by atoms with Gasteiger partial charge in [0.25, 0.3) is 0 Å². The number of aryl methyl sites for hydroxylation is 1. The number of benzene rings is 2. The summed E-state index contributed by atoms with van der Waals surface area (Å²) in [5.74, 6) is 0.398. The predicted molar refractivity (Wildman–Crippen MR) is 122 cm³/mol. The smallest absolute Gasteiger partial charge is 0.193 e. The van der Waals surface area contributed by atoms with Crippen molar-refractivity contribution in [2.45, 2.75) is 37.0 Å². The third kappa shape index (κ3) is 5.93. The van der Waals surface area contributed by atoms with Crippen LogP contribution in [0.5, 0.6) is 0 Å². The van der Waals surface area contributed by atoms with Crippen LogP contribution in [0.15, 0.2) is 58.4 Å². The first-order chi connectivity index (χ1) is 12.6. The Bertz CT molecular complexity index is 883. The molecule has 0 saturated carbocycles. The predicted octanol–water partition coefficient (Wildman–Crippen LogP) is 3.77. The first-order valence-electron chi connectivity index (χ1n) is 9.02. The molecule has 27 heavy (non-hydrogen) atoms. The van der Waals surface area contributed by atoms with Gasteiger partial charge in [-0.05, 0) is 61.4 Å². The maximum atomic E-state index is 12.2. The molecule has 0 heterocycles. The Balaban J connectivity index is 0.00000261. The summed E-state index contributed by atoms with van der Waals surface area (Å²) >= 11 is 0. The SMILES string of the molecule is I.NC(=NCCCS(=O)(=O)c1ccccc1)Nc1cccc2c1CCCC2. The number of nitrogens with zero attached hydrogens (tertiary/aromatic N) is 1. The molecule has 2 aromatic rings. The van der Waals surface area contributed by atoms with Gasteiger partial charge >= 0.3 is 0 Å². The maximum absolute atomic E-state index is 12.2. The molecule has 0 aliphatic heterocycles. The lowest BCUT2D eigenvalue weighted by Crippen LogP contribution is -2.24. The zero-order valence-electron chi connectivity index (χ0n) is 15.2. The molecule has 5 nitrogen and oxygen atoms in total. The van der Waals surface area contributed by atoms with E-state index in [1.807, 2.05) is 12.1 Å². The van der Waals surface area contributed by atoms with Gasteiger partial charge in [-0.2, -0.15) is 0 Å². The standard InChI is InChI=1S/C20H25N3O2S.HI/c21-20(23-19-13-6-9-16-8-4-5-12-18(16)19)22-14-7-15-26(24,25)17-10-2-1-3-11-17;/h1-3,6,9-11,13H,4-5,7-8,12,14-15H2,(H3,21,22,23);1H. The van der Waals surface area contributed by atoms with Crippen molar-refractivity contribution in [1.82, 2.24) is 0 Å². The molecule has 0 fully saturated rings. The first-order valence-corrected chi connectivity index (χ1v) is 10.7. The topological polar surface area (TPSA) is 84.5 Å². The van der Waals surface area contributed by atoms with Gasteiger partial charge in [0.15, 0.2) is 15.8 Å². The molecule has 7 heteroatoms. The molecule has 146 valence electrons. The van der Waals surface area contributed by atoms with E-state index in [1.165, 1.54) is 24.0 Å². The van der Waals surface area contributed by atoms with Crippen LogP contribution >= 0.6 is 24.0 Å². The highest BCUT2D eigenvalue weighted by Crippen LogP contribution is 2.27. The second kappa shape index (κ2) is 10.1. The molecule has 1 aliphatic rings. The summed E-state index contributed by atoms with van der Waals surface area (Å²) in [6.07, 6.45) is 5.03. The molecular weight excluding hydrogens is 473 g/mol. The molecule has 0 spiro atoms. The molecule has 0 bridgehead atoms. The minimum Gasteiger partial charge on any atom is -0.370 e. The molecule has 1 aliphatic carbocycles. The average molecular weight is 499 g/mol. The minimum absolute atomic E-state index is 0. The minimum atomic E-state index is -3.26. The quantitative estimate of drug-likeness (QED) is 0.274. The van der Waals surface area contributed by atoms with E-state index >= 15 is 0 Å². The summed E-state index contributed by atoms with van der Waals surface area (Å²) < 4.78 is 24.5. The lowest BCUT2D eigenvalue weighted by Gasteiger charge is -2.19. The van der Waals surface area contributed by atoms with Crippen molar-refractivity contribution < 1.29 is 8.42 Å². The van der Waals surface area contributed by atoms with E-state index in [0.717, 1.165) is 18.5 Å². The monoisotopic (exact) mass is 499 g/mol. The first kappa shape index (κ1) is 21.7. The van der Waals surface area contributed by atoms with Gasteiger partial charge in [-0.25, -0.2) is 8.42 Å². The van der Waals surface area contributed by atoms with Gasteiger partial charge in [-0.3, -0.25) is 4.99 Å². The van der Waals surface area contributed by atoms with Crippen molar-refractivity contribution in [3.63, 3.8) is 0 Å². The van der Waals surface area contributed by atoms with Crippen LogP contribution in [0.4, 0.5) is 5.69 Å². The van der Waals surface area contributed by atoms with Crippen LogP contribution < -0.4 is 11.1 Å². The number of halogens is 1.